The molecule has 7 nitrogen and oxygen atoms in total. The standard InChI is InChI=1S/C22H27N3O4.CH3F/c23-14-8-7-13-18(22(28)29)24-21(27)19(15-16-9-3-1-4-10-16)25-20(26)17-11-5-2-6-12-17;1-2/h1-6,9-12,18-19H,7-8,13-15,23H2,(H,24,27)(H,25,26)(H,28,29);1H3/t18-,19-;/m0./s1. The smallest absolute Gasteiger partial charge is 0.326 e. The van der Waals surface area contributed by atoms with Crippen molar-refractivity contribution < 1.29 is 23.9 Å². The van der Waals surface area contributed by atoms with E-state index >= 15 is 0 Å². The van der Waals surface area contributed by atoms with Crippen LogP contribution < -0.4 is 16.4 Å². The molecule has 5 N–H and O–H groups in total. The van der Waals surface area contributed by atoms with Gasteiger partial charge in [-0.05, 0) is 43.5 Å². The summed E-state index contributed by atoms with van der Waals surface area (Å²) in [6.07, 6.45) is 1.80. The Morgan fingerprint density at radius 2 is 1.48 bits per heavy atom. The number of unbranched alkanes of at least 4 members (excludes halogenated alkanes) is 1. The van der Waals surface area contributed by atoms with Crippen molar-refractivity contribution in [1.29, 1.82) is 0 Å². The summed E-state index contributed by atoms with van der Waals surface area (Å²) in [6, 6.07) is 15.9. The Morgan fingerprint density at radius 1 is 0.903 bits per heavy atom. The van der Waals surface area contributed by atoms with Crippen LogP contribution in [0.3, 0.4) is 0 Å². The van der Waals surface area contributed by atoms with Crippen LogP contribution in [0.5, 0.6) is 0 Å². The molecule has 0 radical (unpaired) electrons. The third kappa shape index (κ3) is 9.39. The minimum Gasteiger partial charge on any atom is -0.480 e. The first-order valence-electron chi connectivity index (χ1n) is 10.0. The van der Waals surface area contributed by atoms with Gasteiger partial charge in [-0.25, -0.2) is 4.79 Å². The van der Waals surface area contributed by atoms with Crippen LogP contribution in [0.1, 0.15) is 35.2 Å². The molecule has 0 spiro atoms. The molecule has 0 aliphatic rings. The van der Waals surface area contributed by atoms with E-state index in [9.17, 15) is 23.9 Å². The van der Waals surface area contributed by atoms with Gasteiger partial charge in [-0.1, -0.05) is 48.5 Å². The lowest BCUT2D eigenvalue weighted by Gasteiger charge is -2.22. The first kappa shape index (κ1) is 25.8. The lowest BCUT2D eigenvalue weighted by atomic mass is 10.0. The van der Waals surface area contributed by atoms with Gasteiger partial charge in [-0.2, -0.15) is 0 Å². The number of amides is 2. The van der Waals surface area contributed by atoms with E-state index in [-0.39, 0.29) is 12.8 Å². The second-order valence-corrected chi connectivity index (χ2v) is 6.77. The molecule has 2 aromatic rings. The number of halogens is 1. The summed E-state index contributed by atoms with van der Waals surface area (Å²) in [6.45, 7) is 0.462. The third-order valence-electron chi connectivity index (χ3n) is 4.50. The maximum atomic E-state index is 12.8. The second kappa shape index (κ2) is 14.7. The van der Waals surface area contributed by atoms with Gasteiger partial charge in [0.05, 0.1) is 7.18 Å². The normalized spacial score (nSPS) is 12.0. The number of benzene rings is 2. The molecule has 0 unspecified atom stereocenters. The van der Waals surface area contributed by atoms with Gasteiger partial charge in [-0.15, -0.1) is 0 Å². The van der Waals surface area contributed by atoms with Gasteiger partial charge in [0.15, 0.2) is 0 Å². The number of nitrogens with two attached hydrogens (primary N) is 1. The number of alkyl halides is 1. The summed E-state index contributed by atoms with van der Waals surface area (Å²) < 4.78 is 9.50. The quantitative estimate of drug-likeness (QED) is 0.407. The molecule has 2 amide bonds. The Hall–Kier alpha value is -3.26. The summed E-state index contributed by atoms with van der Waals surface area (Å²) in [5, 5.41) is 14.7. The summed E-state index contributed by atoms with van der Waals surface area (Å²) in [5.74, 6) is -2.03. The van der Waals surface area contributed by atoms with Crippen molar-refractivity contribution in [3.05, 3.63) is 71.8 Å². The monoisotopic (exact) mass is 431 g/mol. The number of carboxylic acids is 1. The molecule has 8 heteroatoms. The van der Waals surface area contributed by atoms with E-state index in [1.54, 1.807) is 30.3 Å². The predicted molar refractivity (Wildman–Crippen MR) is 117 cm³/mol. The van der Waals surface area contributed by atoms with Gasteiger partial charge in [0.25, 0.3) is 5.91 Å². The van der Waals surface area contributed by atoms with E-state index < -0.39 is 29.9 Å². The number of hydrogen-bond donors (Lipinski definition) is 4. The van der Waals surface area contributed by atoms with Crippen molar-refractivity contribution in [1.82, 2.24) is 10.6 Å². The third-order valence-corrected chi connectivity index (χ3v) is 4.50. The van der Waals surface area contributed by atoms with Crippen LogP contribution in [-0.2, 0) is 16.0 Å². The Kier molecular flexibility index (Phi) is 12.2. The molecule has 31 heavy (non-hydrogen) atoms. The zero-order valence-corrected chi connectivity index (χ0v) is 17.6. The number of carbonyl (C=O) groups excluding carboxylic acids is 2. The molecule has 2 rings (SSSR count). The predicted octanol–water partition coefficient (Wildman–Crippen LogP) is 2.31. The fourth-order valence-corrected chi connectivity index (χ4v) is 2.91. The maximum Gasteiger partial charge on any atom is 0.326 e. The van der Waals surface area contributed by atoms with Crippen molar-refractivity contribution in [2.24, 2.45) is 5.73 Å². The number of carboxylic acid groups (broad SMARTS) is 1. The Morgan fingerprint density at radius 3 is 2.03 bits per heavy atom. The highest BCUT2D eigenvalue weighted by atomic mass is 19.1. The molecule has 2 atom stereocenters. The van der Waals surface area contributed by atoms with E-state index in [0.717, 1.165) is 5.56 Å². The number of carbonyl (C=O) groups is 3. The van der Waals surface area contributed by atoms with E-state index in [4.69, 9.17) is 5.73 Å². The first-order chi connectivity index (χ1) is 15.0. The van der Waals surface area contributed by atoms with Gasteiger partial charge in [0.2, 0.25) is 5.91 Å². The molecular formula is C23H30FN3O4. The largest absolute Gasteiger partial charge is 0.480 e. The fourth-order valence-electron chi connectivity index (χ4n) is 2.91. The van der Waals surface area contributed by atoms with Crippen molar-refractivity contribution in [2.45, 2.75) is 37.8 Å². The van der Waals surface area contributed by atoms with Crippen molar-refractivity contribution in [2.75, 3.05) is 13.7 Å². The Labute approximate surface area is 181 Å². The lowest BCUT2D eigenvalue weighted by molar-refractivity contribution is -0.142. The van der Waals surface area contributed by atoms with Gasteiger partial charge in [0.1, 0.15) is 12.1 Å². The Bertz CT molecular complexity index is 803. The van der Waals surface area contributed by atoms with Crippen LogP contribution in [0.25, 0.3) is 0 Å². The molecular weight excluding hydrogens is 401 g/mol. The molecule has 0 saturated carbocycles. The van der Waals surface area contributed by atoms with E-state index in [1.807, 2.05) is 30.3 Å². The number of aliphatic carboxylic acids is 1. The topological polar surface area (TPSA) is 122 Å². The lowest BCUT2D eigenvalue weighted by Crippen LogP contribution is -2.52. The minimum absolute atomic E-state index is 0.250. The molecule has 0 aromatic heterocycles. The van der Waals surface area contributed by atoms with Crippen molar-refractivity contribution in [3.63, 3.8) is 0 Å². The van der Waals surface area contributed by atoms with Crippen LogP contribution in [0.4, 0.5) is 4.39 Å². The number of hydrogen-bond acceptors (Lipinski definition) is 4. The first-order valence-corrected chi connectivity index (χ1v) is 10.0. The molecule has 168 valence electrons. The second-order valence-electron chi connectivity index (χ2n) is 6.77. The van der Waals surface area contributed by atoms with Crippen molar-refractivity contribution >= 4 is 17.8 Å². The molecule has 0 aliphatic carbocycles. The van der Waals surface area contributed by atoms with Crippen LogP contribution in [0.15, 0.2) is 60.7 Å². The summed E-state index contributed by atoms with van der Waals surface area (Å²) in [4.78, 5) is 36.9. The fraction of sp³-hybridized carbons (Fsp3) is 0.348. The molecule has 0 heterocycles. The van der Waals surface area contributed by atoms with E-state index in [2.05, 4.69) is 10.6 Å². The minimum atomic E-state index is -1.11. The Balaban J connectivity index is 0.00000233. The van der Waals surface area contributed by atoms with Gasteiger partial charge >= 0.3 is 5.97 Å². The molecule has 0 saturated heterocycles. The van der Waals surface area contributed by atoms with Gasteiger partial charge < -0.3 is 21.5 Å². The van der Waals surface area contributed by atoms with Crippen LogP contribution in [-0.4, -0.2) is 48.7 Å². The molecule has 0 aliphatic heterocycles. The zero-order chi connectivity index (χ0) is 23.1. The van der Waals surface area contributed by atoms with Crippen molar-refractivity contribution in [3.8, 4) is 0 Å². The van der Waals surface area contributed by atoms with Gasteiger partial charge in [-0.3, -0.25) is 14.0 Å². The summed E-state index contributed by atoms with van der Waals surface area (Å²) in [7, 11) is 0.500. The summed E-state index contributed by atoms with van der Waals surface area (Å²) >= 11 is 0. The van der Waals surface area contributed by atoms with Crippen LogP contribution in [0.2, 0.25) is 0 Å². The highest BCUT2D eigenvalue weighted by Crippen LogP contribution is 2.08. The average molecular weight is 432 g/mol. The number of nitrogens with one attached hydrogen (secondary N) is 2. The average Bonchev–Trinajstić information content (AvgIpc) is 2.80. The molecule has 0 bridgehead atoms. The zero-order valence-electron chi connectivity index (χ0n) is 17.6. The highest BCUT2D eigenvalue weighted by molar-refractivity contribution is 5.98. The van der Waals surface area contributed by atoms with E-state index in [1.165, 1.54) is 0 Å². The van der Waals surface area contributed by atoms with Crippen LogP contribution >= 0.6 is 0 Å². The SMILES string of the molecule is CF.NCCCC[C@H](NC(=O)[C@H](Cc1ccccc1)NC(=O)c1ccccc1)C(=O)O. The van der Waals surface area contributed by atoms with Crippen LogP contribution in [0, 0.1) is 0 Å². The molecule has 2 aromatic carbocycles. The van der Waals surface area contributed by atoms with Gasteiger partial charge in [0, 0.05) is 12.0 Å². The molecule has 0 fully saturated rings. The maximum absolute atomic E-state index is 12.8. The highest BCUT2D eigenvalue weighted by Gasteiger charge is 2.26. The summed E-state index contributed by atoms with van der Waals surface area (Å²) in [5.41, 5.74) is 6.74. The van der Waals surface area contributed by atoms with E-state index in [0.29, 0.717) is 32.1 Å². The number of rotatable bonds is 11.